The summed E-state index contributed by atoms with van der Waals surface area (Å²) in [5, 5.41) is 26.2. The van der Waals surface area contributed by atoms with Crippen molar-refractivity contribution in [3.05, 3.63) is 24.3 Å². The summed E-state index contributed by atoms with van der Waals surface area (Å²) in [6.45, 7) is 0.674. The van der Waals surface area contributed by atoms with Gasteiger partial charge in [-0.2, -0.15) is 0 Å². The molecule has 8 nitrogen and oxygen atoms in total. The number of thioether (sulfide) groups is 1. The summed E-state index contributed by atoms with van der Waals surface area (Å²) >= 11 is 1.25. The number of fused-ring (bicyclic) bond motifs is 1. The van der Waals surface area contributed by atoms with E-state index in [2.05, 4.69) is 20.4 Å². The first-order chi connectivity index (χ1) is 14.2. The Kier molecular flexibility index (Phi) is 7.11. The van der Waals surface area contributed by atoms with E-state index in [4.69, 9.17) is 4.74 Å². The molecular formula is C18H22F3N3O5S. The van der Waals surface area contributed by atoms with E-state index < -0.39 is 30.5 Å². The molecule has 12 heteroatoms. The molecule has 0 bridgehead atoms. The second-order valence-corrected chi connectivity index (χ2v) is 8.06. The van der Waals surface area contributed by atoms with Crippen molar-refractivity contribution < 1.29 is 37.7 Å². The molecule has 30 heavy (non-hydrogen) atoms. The van der Waals surface area contributed by atoms with Gasteiger partial charge in [-0.25, -0.2) is 0 Å². The Morgan fingerprint density at radius 2 is 2.00 bits per heavy atom. The van der Waals surface area contributed by atoms with Gasteiger partial charge in [-0.05, 0) is 30.7 Å². The molecule has 0 radical (unpaired) electrons. The third kappa shape index (κ3) is 5.56. The van der Waals surface area contributed by atoms with Gasteiger partial charge in [0.1, 0.15) is 11.9 Å². The number of hydrogen-bond acceptors (Lipinski definition) is 8. The highest BCUT2D eigenvalue weighted by Crippen LogP contribution is 2.41. The van der Waals surface area contributed by atoms with E-state index in [1.165, 1.54) is 31.0 Å². The number of amidine groups is 1. The predicted octanol–water partition coefficient (Wildman–Crippen LogP) is 1.34. The van der Waals surface area contributed by atoms with Crippen molar-refractivity contribution in [2.24, 2.45) is 10.9 Å². The van der Waals surface area contributed by atoms with Crippen LogP contribution in [0.3, 0.4) is 0 Å². The monoisotopic (exact) mass is 449 g/mol. The molecule has 0 spiro atoms. The molecule has 0 unspecified atom stereocenters. The molecule has 4 N–H and O–H groups in total. The highest BCUT2D eigenvalue weighted by Gasteiger charge is 2.50. The fourth-order valence-corrected chi connectivity index (χ4v) is 4.76. The van der Waals surface area contributed by atoms with Gasteiger partial charge >= 0.3 is 6.36 Å². The number of aliphatic hydroxyl groups is 2. The molecule has 1 amide bonds. The number of alkyl halides is 3. The zero-order chi connectivity index (χ0) is 21.9. The minimum absolute atomic E-state index is 0.0976. The van der Waals surface area contributed by atoms with Crippen molar-refractivity contribution in [3.63, 3.8) is 0 Å². The van der Waals surface area contributed by atoms with Gasteiger partial charge in [-0.15, -0.1) is 13.2 Å². The summed E-state index contributed by atoms with van der Waals surface area (Å²) in [6.07, 6.45) is -6.88. The minimum atomic E-state index is -4.77. The number of benzene rings is 1. The topological polar surface area (TPSA) is 112 Å². The molecule has 1 heterocycles. The average Bonchev–Trinajstić information content (AvgIpc) is 3.09. The zero-order valence-corrected chi connectivity index (χ0v) is 16.7. The first-order valence-electron chi connectivity index (χ1n) is 9.18. The number of rotatable bonds is 6. The number of anilines is 1. The van der Waals surface area contributed by atoms with Crippen LogP contribution in [0.4, 0.5) is 18.9 Å². The van der Waals surface area contributed by atoms with E-state index in [-0.39, 0.29) is 23.3 Å². The maximum atomic E-state index is 12.5. The van der Waals surface area contributed by atoms with Crippen molar-refractivity contribution >= 4 is 28.5 Å². The van der Waals surface area contributed by atoms with Crippen LogP contribution in [0.2, 0.25) is 0 Å². The van der Waals surface area contributed by atoms with E-state index in [1.54, 1.807) is 0 Å². The van der Waals surface area contributed by atoms with Crippen LogP contribution in [0.5, 0.6) is 5.75 Å². The second-order valence-electron chi connectivity index (χ2n) is 6.89. The van der Waals surface area contributed by atoms with E-state index in [9.17, 15) is 28.2 Å². The van der Waals surface area contributed by atoms with Gasteiger partial charge in [-0.1, -0.05) is 11.8 Å². The van der Waals surface area contributed by atoms with Crippen LogP contribution in [-0.4, -0.2) is 71.4 Å². The predicted molar refractivity (Wildman–Crippen MR) is 104 cm³/mol. The largest absolute Gasteiger partial charge is 0.573 e. The van der Waals surface area contributed by atoms with E-state index in [1.807, 2.05) is 0 Å². The van der Waals surface area contributed by atoms with Gasteiger partial charge < -0.3 is 30.3 Å². The number of halogens is 3. The average molecular weight is 449 g/mol. The summed E-state index contributed by atoms with van der Waals surface area (Å²) in [4.78, 5) is 16.9. The lowest BCUT2D eigenvalue weighted by atomic mass is 9.81. The summed E-state index contributed by atoms with van der Waals surface area (Å²) in [5.41, 5.74) is 0.463. The molecule has 0 aromatic heterocycles. The van der Waals surface area contributed by atoms with Crippen LogP contribution in [0.25, 0.3) is 0 Å². The molecule has 1 aromatic rings. The van der Waals surface area contributed by atoms with Crippen LogP contribution in [0, 0.1) is 5.92 Å². The smallest absolute Gasteiger partial charge is 0.406 e. The molecule has 1 aliphatic carbocycles. The number of nitrogens with one attached hydrogen (secondary N) is 2. The summed E-state index contributed by atoms with van der Waals surface area (Å²) in [6, 6.07) is 4.42. The Bertz CT molecular complexity index is 777. The third-order valence-corrected chi connectivity index (χ3v) is 6.08. The molecule has 1 aromatic carbocycles. The number of aliphatic imine (C=N–C) groups is 1. The lowest BCUT2D eigenvalue weighted by Gasteiger charge is -2.37. The van der Waals surface area contributed by atoms with Crippen molar-refractivity contribution in [2.45, 2.75) is 36.3 Å². The standard InChI is InChI=1S/C18H22F3N3O5S/c1-28-7-6-22-16(27)11-8-12(25)14(26)13-15(11)30-17(24-13)23-9-2-4-10(5-3-9)29-18(19,20)21/h2-5,11-15,25-26H,6-8H2,1H3,(H,22,27)(H,23,24)/t11-,12-,13-,14+,15-/m1/s1. The second kappa shape index (κ2) is 9.41. The van der Waals surface area contributed by atoms with Gasteiger partial charge in [0, 0.05) is 24.6 Å². The van der Waals surface area contributed by atoms with E-state index >= 15 is 0 Å². The van der Waals surface area contributed by atoms with Crippen molar-refractivity contribution in [3.8, 4) is 5.75 Å². The van der Waals surface area contributed by atoms with Gasteiger partial charge in [-0.3, -0.25) is 9.79 Å². The summed E-state index contributed by atoms with van der Waals surface area (Å²) < 4.78 is 45.5. The van der Waals surface area contributed by atoms with Crippen LogP contribution < -0.4 is 15.4 Å². The van der Waals surface area contributed by atoms with Crippen LogP contribution >= 0.6 is 11.8 Å². The van der Waals surface area contributed by atoms with Crippen molar-refractivity contribution in [2.75, 3.05) is 25.6 Å². The Morgan fingerprint density at radius 3 is 2.63 bits per heavy atom. The number of carbonyl (C=O) groups excluding carboxylic acids is 1. The molecule has 5 atom stereocenters. The number of methoxy groups -OCH3 is 1. The number of hydrogen-bond donors (Lipinski definition) is 4. The van der Waals surface area contributed by atoms with E-state index in [0.717, 1.165) is 12.1 Å². The number of carbonyl (C=O) groups is 1. The zero-order valence-electron chi connectivity index (χ0n) is 15.9. The quantitative estimate of drug-likeness (QED) is 0.485. The molecule has 1 saturated carbocycles. The van der Waals surface area contributed by atoms with Crippen LogP contribution in [-0.2, 0) is 9.53 Å². The molecule has 2 aliphatic rings. The number of amides is 1. The third-order valence-electron chi connectivity index (χ3n) is 4.77. The maximum Gasteiger partial charge on any atom is 0.573 e. The van der Waals surface area contributed by atoms with Gasteiger partial charge in [0.2, 0.25) is 5.91 Å². The van der Waals surface area contributed by atoms with Gasteiger partial charge in [0.25, 0.3) is 0 Å². The van der Waals surface area contributed by atoms with Crippen LogP contribution in [0.1, 0.15) is 6.42 Å². The highest BCUT2D eigenvalue weighted by molar-refractivity contribution is 8.15. The molecule has 1 fully saturated rings. The Hall–Kier alpha value is -2.02. The lowest BCUT2D eigenvalue weighted by Crippen LogP contribution is -2.54. The van der Waals surface area contributed by atoms with E-state index in [0.29, 0.717) is 24.0 Å². The van der Waals surface area contributed by atoms with Crippen molar-refractivity contribution in [1.82, 2.24) is 5.32 Å². The lowest BCUT2D eigenvalue weighted by molar-refractivity contribution is -0.274. The SMILES string of the molecule is COCCNC(=O)[C@@H]1C[C@@H](O)[C@H](O)[C@H]2N=C(Nc3ccc(OC(F)(F)F)cc3)S[C@@H]21. The summed E-state index contributed by atoms with van der Waals surface area (Å²) in [5.74, 6) is -1.18. The number of aliphatic hydroxyl groups excluding tert-OH is 2. The first kappa shape index (κ1) is 22.7. The minimum Gasteiger partial charge on any atom is -0.406 e. The van der Waals surface area contributed by atoms with Crippen LogP contribution in [0.15, 0.2) is 29.3 Å². The summed E-state index contributed by atoms with van der Waals surface area (Å²) in [7, 11) is 1.52. The van der Waals surface area contributed by atoms with Gasteiger partial charge in [0.05, 0.1) is 24.7 Å². The Labute approximate surface area is 174 Å². The van der Waals surface area contributed by atoms with Gasteiger partial charge in [0.15, 0.2) is 5.17 Å². The highest BCUT2D eigenvalue weighted by atomic mass is 32.2. The fourth-order valence-electron chi connectivity index (χ4n) is 3.38. The fraction of sp³-hybridized carbons (Fsp3) is 0.556. The normalized spacial score (nSPS) is 28.5. The number of nitrogens with zero attached hydrogens (tertiary/aromatic N) is 1. The Balaban J connectivity index is 1.66. The molecule has 1 aliphatic heterocycles. The molecule has 0 saturated heterocycles. The van der Waals surface area contributed by atoms with Crippen molar-refractivity contribution in [1.29, 1.82) is 0 Å². The first-order valence-corrected chi connectivity index (χ1v) is 10.1. The Morgan fingerprint density at radius 1 is 1.30 bits per heavy atom. The maximum absolute atomic E-state index is 12.5. The molecular weight excluding hydrogens is 427 g/mol. The molecule has 3 rings (SSSR count). The molecule has 166 valence electrons. The number of ether oxygens (including phenoxy) is 2.